The Morgan fingerprint density at radius 1 is 0.892 bits per heavy atom. The highest BCUT2D eigenvalue weighted by Crippen LogP contribution is 2.31. The largest absolute Gasteiger partial charge is 0.336 e. The molecule has 0 saturated heterocycles. The van der Waals surface area contributed by atoms with Crippen molar-refractivity contribution in [3.8, 4) is 23.1 Å². The summed E-state index contributed by atoms with van der Waals surface area (Å²) in [6.45, 7) is 2.41. The molecule has 0 unspecified atom stereocenters. The molecule has 37 heavy (non-hydrogen) atoms. The Hall–Kier alpha value is -4.74. The summed E-state index contributed by atoms with van der Waals surface area (Å²) in [6.07, 6.45) is 6.78. The zero-order valence-electron chi connectivity index (χ0n) is 19.9. The third-order valence-corrected chi connectivity index (χ3v) is 7.84. The van der Waals surface area contributed by atoms with Crippen LogP contribution in [0.3, 0.4) is 0 Å². The van der Waals surface area contributed by atoms with Gasteiger partial charge in [-0.1, -0.05) is 41.8 Å². The Balaban J connectivity index is 1.37. The molecular weight excluding hydrogens is 482 g/mol. The highest BCUT2D eigenvalue weighted by molar-refractivity contribution is 7.90. The van der Waals surface area contributed by atoms with E-state index >= 15 is 0 Å². The lowest BCUT2D eigenvalue weighted by Crippen LogP contribution is -2.12. The molecule has 180 valence electrons. The van der Waals surface area contributed by atoms with Crippen LogP contribution in [0.15, 0.2) is 102 Å². The third kappa shape index (κ3) is 4.15. The van der Waals surface area contributed by atoms with Gasteiger partial charge in [0.25, 0.3) is 10.0 Å². The van der Waals surface area contributed by atoms with Crippen LogP contribution in [-0.4, -0.2) is 31.9 Å². The summed E-state index contributed by atoms with van der Waals surface area (Å²) in [4.78, 5) is 13.5. The molecule has 0 radical (unpaired) electrons. The summed E-state index contributed by atoms with van der Waals surface area (Å²) < 4.78 is 30.3. The number of hydrogen-bond donors (Lipinski definition) is 0. The molecule has 0 aliphatic rings. The summed E-state index contributed by atoms with van der Waals surface area (Å²) >= 11 is 0. The van der Waals surface area contributed by atoms with Crippen LogP contribution in [0.4, 0.5) is 0 Å². The molecule has 4 heterocycles. The normalized spacial score (nSPS) is 11.5. The van der Waals surface area contributed by atoms with Crippen LogP contribution < -0.4 is 0 Å². The molecule has 0 N–H and O–H groups in total. The maximum atomic E-state index is 13.5. The molecule has 8 heteroatoms. The summed E-state index contributed by atoms with van der Waals surface area (Å²) in [5, 5.41) is 1.84. The van der Waals surface area contributed by atoms with Gasteiger partial charge in [-0.15, -0.1) is 0 Å². The Morgan fingerprint density at radius 2 is 1.73 bits per heavy atom. The Kier molecular flexibility index (Phi) is 5.55. The monoisotopic (exact) mass is 503 g/mol. The fourth-order valence-corrected chi connectivity index (χ4v) is 5.62. The molecule has 7 nitrogen and oxygen atoms in total. The zero-order chi connectivity index (χ0) is 25.4. The van der Waals surface area contributed by atoms with Crippen molar-refractivity contribution in [3.63, 3.8) is 0 Å². The molecule has 6 aromatic rings. The molecule has 0 aliphatic carbocycles. The van der Waals surface area contributed by atoms with Gasteiger partial charge >= 0.3 is 0 Å². The maximum absolute atomic E-state index is 13.5. The van der Waals surface area contributed by atoms with Crippen LogP contribution in [0, 0.1) is 18.8 Å². The van der Waals surface area contributed by atoms with Crippen molar-refractivity contribution >= 4 is 32.0 Å². The second-order valence-corrected chi connectivity index (χ2v) is 10.4. The van der Waals surface area contributed by atoms with E-state index in [0.29, 0.717) is 34.7 Å². The lowest BCUT2D eigenvalue weighted by atomic mass is 10.1. The van der Waals surface area contributed by atoms with Gasteiger partial charge in [0.15, 0.2) is 5.65 Å². The van der Waals surface area contributed by atoms with Gasteiger partial charge in [-0.3, -0.25) is 0 Å². The zero-order valence-corrected chi connectivity index (χ0v) is 20.7. The maximum Gasteiger partial charge on any atom is 0.269 e. The van der Waals surface area contributed by atoms with Crippen molar-refractivity contribution < 1.29 is 8.42 Å². The van der Waals surface area contributed by atoms with Crippen LogP contribution in [0.5, 0.6) is 0 Å². The van der Waals surface area contributed by atoms with E-state index in [2.05, 4.69) is 49.6 Å². The first-order valence-corrected chi connectivity index (χ1v) is 13.1. The van der Waals surface area contributed by atoms with Crippen LogP contribution >= 0.6 is 0 Å². The first kappa shape index (κ1) is 22.7. The Morgan fingerprint density at radius 3 is 2.59 bits per heavy atom. The number of nitrogens with zero attached hydrogens (tertiary/aromatic N) is 5. The van der Waals surface area contributed by atoms with Gasteiger partial charge in [-0.25, -0.2) is 27.3 Å². The van der Waals surface area contributed by atoms with Gasteiger partial charge in [-0.05, 0) is 60.7 Å². The summed E-state index contributed by atoms with van der Waals surface area (Å²) in [5.74, 6) is 6.54. The van der Waals surface area contributed by atoms with Crippen molar-refractivity contribution in [1.82, 2.24) is 23.5 Å². The number of benzene rings is 2. The van der Waals surface area contributed by atoms with Gasteiger partial charge in [0, 0.05) is 41.3 Å². The molecule has 0 atom stereocenters. The van der Waals surface area contributed by atoms with Gasteiger partial charge in [-0.2, -0.15) is 0 Å². The molecule has 0 aliphatic heterocycles. The van der Waals surface area contributed by atoms with E-state index in [0.717, 1.165) is 16.5 Å². The standard InChI is InChI=1S/C29H21N5O2S/c1-21-10-12-23(13-11-21)37(35,36)34-20-25(24-7-4-16-31-29(24)34)26-14-17-30-28(32-26)9-5-18-33-19-15-22-6-2-3-8-27(22)33/h2-4,6-8,10-17,19-20H,18H2,1H3. The van der Waals surface area contributed by atoms with Crippen molar-refractivity contribution in [2.24, 2.45) is 0 Å². The SMILES string of the molecule is Cc1ccc(S(=O)(=O)n2cc(-c3ccnc(C#CCn4ccc5ccccc54)n3)c3cccnc32)cc1. The van der Waals surface area contributed by atoms with E-state index < -0.39 is 10.0 Å². The minimum atomic E-state index is -3.86. The highest BCUT2D eigenvalue weighted by Gasteiger charge is 2.23. The number of hydrogen-bond acceptors (Lipinski definition) is 5. The summed E-state index contributed by atoms with van der Waals surface area (Å²) in [7, 11) is -3.86. The van der Waals surface area contributed by atoms with E-state index in [1.807, 2.05) is 31.3 Å². The number of fused-ring (bicyclic) bond motifs is 2. The van der Waals surface area contributed by atoms with Crippen LogP contribution in [0.1, 0.15) is 11.4 Å². The topological polar surface area (TPSA) is 82.7 Å². The van der Waals surface area contributed by atoms with Crippen molar-refractivity contribution in [3.05, 3.63) is 109 Å². The van der Waals surface area contributed by atoms with E-state index in [4.69, 9.17) is 0 Å². The third-order valence-electron chi connectivity index (χ3n) is 6.17. The van der Waals surface area contributed by atoms with Crippen molar-refractivity contribution in [1.29, 1.82) is 0 Å². The fourth-order valence-electron chi connectivity index (χ4n) is 4.29. The van der Waals surface area contributed by atoms with Crippen LogP contribution in [0.2, 0.25) is 0 Å². The predicted octanol–water partition coefficient (Wildman–Crippen LogP) is 5.05. The van der Waals surface area contributed by atoms with E-state index in [-0.39, 0.29) is 4.90 Å². The van der Waals surface area contributed by atoms with Gasteiger partial charge in [0.1, 0.15) is 0 Å². The van der Waals surface area contributed by atoms with Gasteiger partial charge in [0.05, 0.1) is 17.1 Å². The first-order valence-electron chi connectivity index (χ1n) is 11.7. The predicted molar refractivity (Wildman–Crippen MR) is 143 cm³/mol. The van der Waals surface area contributed by atoms with E-state index in [9.17, 15) is 8.42 Å². The molecule has 2 aromatic carbocycles. The highest BCUT2D eigenvalue weighted by atomic mass is 32.2. The molecule has 0 amide bonds. The average Bonchev–Trinajstić information content (AvgIpc) is 3.52. The van der Waals surface area contributed by atoms with Gasteiger partial charge in [0.2, 0.25) is 5.82 Å². The fraction of sp³-hybridized carbons (Fsp3) is 0.0690. The van der Waals surface area contributed by atoms with Crippen LogP contribution in [0.25, 0.3) is 33.2 Å². The van der Waals surface area contributed by atoms with E-state index in [1.54, 1.807) is 55.0 Å². The van der Waals surface area contributed by atoms with Crippen molar-refractivity contribution in [2.75, 3.05) is 0 Å². The Bertz CT molecular complexity index is 1940. The molecule has 6 rings (SSSR count). The Labute approximate surface area is 214 Å². The summed E-state index contributed by atoms with van der Waals surface area (Å²) in [5.41, 5.74) is 3.64. The quantitative estimate of drug-likeness (QED) is 0.315. The summed E-state index contributed by atoms with van der Waals surface area (Å²) in [6, 6.07) is 22.3. The average molecular weight is 504 g/mol. The number of pyridine rings is 1. The molecule has 0 saturated carbocycles. The molecule has 0 bridgehead atoms. The molecular formula is C29H21N5O2S. The van der Waals surface area contributed by atoms with Gasteiger partial charge < -0.3 is 4.57 Å². The first-order chi connectivity index (χ1) is 18.0. The number of aromatic nitrogens is 5. The lowest BCUT2D eigenvalue weighted by Gasteiger charge is -2.07. The molecule has 4 aromatic heterocycles. The number of rotatable bonds is 4. The second-order valence-electron chi connectivity index (χ2n) is 8.60. The minimum absolute atomic E-state index is 0.194. The minimum Gasteiger partial charge on any atom is -0.336 e. The molecule has 0 fully saturated rings. The molecule has 0 spiro atoms. The number of aryl methyl sites for hydroxylation is 1. The van der Waals surface area contributed by atoms with E-state index in [1.165, 1.54) is 3.97 Å². The number of para-hydroxylation sites is 1. The lowest BCUT2D eigenvalue weighted by molar-refractivity contribution is 0.589. The second kappa shape index (κ2) is 9.04. The van der Waals surface area contributed by atoms with Crippen LogP contribution in [-0.2, 0) is 16.6 Å². The smallest absolute Gasteiger partial charge is 0.269 e. The van der Waals surface area contributed by atoms with Crippen molar-refractivity contribution in [2.45, 2.75) is 18.4 Å².